The van der Waals surface area contributed by atoms with Crippen LogP contribution in [0.15, 0.2) is 41.8 Å². The SMILES string of the molecule is CCCCC[C@H](NC(=O)CCCCCN1C(=O)C=CC1=O)C(=O)Nc1ccc(C[C@@H](C[C@H](C)C(=O)OC)NC(=O)c2csc([C@@H](C[C@H](C(C)C)N(CC)C(=O)[C@@H](CC(=O)[C@H]3C[C@H](C)CCN3C)[C@@H](C)CC)OC(C)=O)n2)cc1. The summed E-state index contributed by atoms with van der Waals surface area (Å²) in [5.74, 6) is -3.55. The van der Waals surface area contributed by atoms with Crippen LogP contribution in [0.25, 0.3) is 0 Å². The number of amides is 6. The number of hydrogen-bond acceptors (Lipinski definition) is 14. The Hall–Kier alpha value is -5.82. The molecule has 2 aliphatic rings. The summed E-state index contributed by atoms with van der Waals surface area (Å²) in [6.07, 6.45) is 10.0. The molecule has 1 aromatic carbocycles. The maximum atomic E-state index is 14.7. The lowest BCUT2D eigenvalue weighted by Crippen LogP contribution is -2.50. The summed E-state index contributed by atoms with van der Waals surface area (Å²) < 4.78 is 10.9. The molecule has 1 aromatic heterocycles. The number of imide groups is 1. The summed E-state index contributed by atoms with van der Waals surface area (Å²) in [5, 5.41) is 10.9. The van der Waals surface area contributed by atoms with Crippen LogP contribution in [0, 0.1) is 29.6 Å². The first-order valence-electron chi connectivity index (χ1n) is 28.4. The molecule has 0 bridgehead atoms. The number of esters is 2. The lowest BCUT2D eigenvalue weighted by Gasteiger charge is -2.39. The van der Waals surface area contributed by atoms with Crippen molar-refractivity contribution in [1.82, 2.24) is 30.3 Å². The van der Waals surface area contributed by atoms with Crippen LogP contribution >= 0.6 is 11.3 Å². The highest BCUT2D eigenvalue weighted by Gasteiger charge is 2.39. The Morgan fingerprint density at radius 2 is 1.59 bits per heavy atom. The molecule has 0 aliphatic carbocycles. The number of anilines is 1. The van der Waals surface area contributed by atoms with E-state index >= 15 is 0 Å². The number of methoxy groups -OCH3 is 1. The third-order valence-corrected chi connectivity index (χ3v) is 16.3. The maximum Gasteiger partial charge on any atom is 0.308 e. The number of carbonyl (C=O) groups is 9. The number of ketones is 1. The molecular weight excluding hydrogens is 1010 g/mol. The predicted octanol–water partition coefficient (Wildman–Crippen LogP) is 8.39. The first-order valence-corrected chi connectivity index (χ1v) is 29.3. The fourth-order valence-electron chi connectivity index (χ4n) is 10.4. The molecule has 0 unspecified atom stereocenters. The number of nitrogens with zero attached hydrogens (tertiary/aromatic N) is 4. The number of likely N-dealkylation sites (tertiary alicyclic amines) is 1. The van der Waals surface area contributed by atoms with E-state index in [0.29, 0.717) is 61.8 Å². The highest BCUT2D eigenvalue weighted by molar-refractivity contribution is 7.09. The Kier molecular flexibility index (Phi) is 26.8. The van der Waals surface area contributed by atoms with Crippen molar-refractivity contribution in [2.45, 2.75) is 189 Å². The van der Waals surface area contributed by atoms with Gasteiger partial charge in [-0.3, -0.25) is 53.0 Å². The molecule has 3 heterocycles. The maximum absolute atomic E-state index is 14.7. The molecule has 432 valence electrons. The van der Waals surface area contributed by atoms with Crippen LogP contribution in [0.5, 0.6) is 0 Å². The molecule has 1 saturated heterocycles. The number of Topliss-reactive ketones (excluding diaryl/α,β-unsaturated/α-hetero) is 1. The second kappa shape index (κ2) is 32.3. The summed E-state index contributed by atoms with van der Waals surface area (Å²) in [4.78, 5) is 128. The van der Waals surface area contributed by atoms with Crippen LogP contribution in [0.2, 0.25) is 0 Å². The zero-order chi connectivity index (χ0) is 57.6. The first-order chi connectivity index (χ1) is 37.1. The minimum atomic E-state index is -0.885. The van der Waals surface area contributed by atoms with Crippen molar-refractivity contribution in [2.75, 3.05) is 39.1 Å². The standard InChI is InChI=1S/C59H89N7O11S/c1-12-15-17-20-46(62-52(69)21-18-16-19-29-66-53(70)26-27-54(66)71)55(72)60-43-24-22-42(23-25-43)33-44(32-40(8)59(75)76-11)61-56(73)47-36-78-57(63-47)51(77-41(9)67)35-48(37(4)5)65(14-3)58(74)45(39(7)13-2)34-50(68)49-31-38(6)28-30-64(49)10/h22-27,36-40,44-46,48-49,51H,12-21,28-35H2,1-11H3,(H,60,72)(H,61,73)(H,62,69)/t38-,39+,40+,44-,45+,46+,48-,49-,51-/m1/s1. The van der Waals surface area contributed by atoms with Crippen molar-refractivity contribution in [3.05, 3.63) is 58.1 Å². The van der Waals surface area contributed by atoms with Gasteiger partial charge < -0.3 is 30.3 Å². The van der Waals surface area contributed by atoms with Crippen molar-refractivity contribution in [3.8, 4) is 0 Å². The average Bonchev–Trinajstić information content (AvgIpc) is 4.04. The Bertz CT molecular complexity index is 2350. The van der Waals surface area contributed by atoms with E-state index in [4.69, 9.17) is 14.5 Å². The van der Waals surface area contributed by atoms with E-state index in [1.54, 1.807) is 24.4 Å². The molecule has 9 atom stereocenters. The van der Waals surface area contributed by atoms with Crippen molar-refractivity contribution >= 4 is 70.2 Å². The van der Waals surface area contributed by atoms with Gasteiger partial charge in [0.25, 0.3) is 17.7 Å². The van der Waals surface area contributed by atoms with E-state index in [1.807, 2.05) is 58.7 Å². The van der Waals surface area contributed by atoms with Gasteiger partial charge in [-0.1, -0.05) is 92.7 Å². The number of likely N-dealkylation sites (N-methyl/N-ethyl adjacent to an activating group) is 1. The monoisotopic (exact) mass is 1100 g/mol. The predicted molar refractivity (Wildman–Crippen MR) is 301 cm³/mol. The van der Waals surface area contributed by atoms with Gasteiger partial charge in [0, 0.05) is 80.5 Å². The minimum absolute atomic E-state index is 0.0467. The van der Waals surface area contributed by atoms with Crippen LogP contribution < -0.4 is 16.0 Å². The highest BCUT2D eigenvalue weighted by Crippen LogP contribution is 2.34. The Balaban J connectivity index is 1.45. The van der Waals surface area contributed by atoms with E-state index in [0.717, 1.165) is 50.6 Å². The number of aromatic nitrogens is 1. The quantitative estimate of drug-likeness (QED) is 0.0347. The summed E-state index contributed by atoms with van der Waals surface area (Å²) in [6.45, 7) is 18.8. The Morgan fingerprint density at radius 3 is 2.21 bits per heavy atom. The number of benzene rings is 1. The zero-order valence-electron chi connectivity index (χ0n) is 48.2. The lowest BCUT2D eigenvalue weighted by atomic mass is 9.81. The summed E-state index contributed by atoms with van der Waals surface area (Å²) in [6, 6.07) is 5.18. The van der Waals surface area contributed by atoms with Gasteiger partial charge >= 0.3 is 11.9 Å². The lowest BCUT2D eigenvalue weighted by molar-refractivity contribution is -0.150. The molecular formula is C59H89N7O11S. The number of rotatable bonds is 33. The average molecular weight is 1100 g/mol. The molecule has 6 amide bonds. The van der Waals surface area contributed by atoms with Crippen molar-refractivity contribution < 1.29 is 52.6 Å². The van der Waals surface area contributed by atoms with Crippen molar-refractivity contribution in [1.29, 1.82) is 0 Å². The first kappa shape index (κ1) is 64.7. The largest absolute Gasteiger partial charge is 0.469 e. The zero-order valence-corrected chi connectivity index (χ0v) is 49.0. The topological polar surface area (TPSA) is 231 Å². The number of unbranched alkanes of at least 4 members (excludes halogenated alkanes) is 4. The van der Waals surface area contributed by atoms with Crippen LogP contribution in [0.1, 0.15) is 179 Å². The summed E-state index contributed by atoms with van der Waals surface area (Å²) in [5.41, 5.74) is 1.40. The molecule has 1 fully saturated rings. The van der Waals surface area contributed by atoms with Crippen molar-refractivity contribution in [2.24, 2.45) is 29.6 Å². The van der Waals surface area contributed by atoms with Gasteiger partial charge in [0.05, 0.1) is 19.1 Å². The molecule has 18 nitrogen and oxygen atoms in total. The van der Waals surface area contributed by atoms with Gasteiger partial charge in [0.2, 0.25) is 17.7 Å². The van der Waals surface area contributed by atoms with Crippen molar-refractivity contribution in [3.63, 3.8) is 0 Å². The number of thiazole rings is 1. The molecule has 78 heavy (non-hydrogen) atoms. The number of piperidine rings is 1. The Labute approximate surface area is 467 Å². The number of hydrogen-bond donors (Lipinski definition) is 3. The number of carbonyl (C=O) groups excluding carboxylic acids is 9. The van der Waals surface area contributed by atoms with E-state index in [-0.39, 0.29) is 84.6 Å². The number of nitrogens with one attached hydrogen (secondary N) is 3. The van der Waals surface area contributed by atoms with Gasteiger partial charge in [-0.15, -0.1) is 11.3 Å². The molecule has 19 heteroatoms. The second-order valence-corrected chi connectivity index (χ2v) is 22.8. The van der Waals surface area contributed by atoms with Gasteiger partial charge in [-0.25, -0.2) is 4.98 Å². The molecule has 0 radical (unpaired) electrons. The fraction of sp³-hybridized carbons (Fsp3) is 0.661. The molecule has 2 aromatic rings. The van der Waals surface area contributed by atoms with Gasteiger partial charge in [0.1, 0.15) is 16.7 Å². The van der Waals surface area contributed by atoms with Crippen LogP contribution in [-0.2, 0) is 54.3 Å². The van der Waals surface area contributed by atoms with Crippen LogP contribution in [0.4, 0.5) is 5.69 Å². The van der Waals surface area contributed by atoms with E-state index in [9.17, 15) is 43.2 Å². The second-order valence-electron chi connectivity index (χ2n) is 21.9. The minimum Gasteiger partial charge on any atom is -0.469 e. The fourth-order valence-corrected chi connectivity index (χ4v) is 11.3. The van der Waals surface area contributed by atoms with Crippen LogP contribution in [0.3, 0.4) is 0 Å². The summed E-state index contributed by atoms with van der Waals surface area (Å²) >= 11 is 1.17. The third-order valence-electron chi connectivity index (χ3n) is 15.4. The molecule has 0 spiro atoms. The van der Waals surface area contributed by atoms with Gasteiger partial charge in [-0.05, 0) is 101 Å². The van der Waals surface area contributed by atoms with E-state index in [1.165, 1.54) is 42.4 Å². The summed E-state index contributed by atoms with van der Waals surface area (Å²) in [7, 11) is 3.29. The molecule has 3 N–H and O–H groups in total. The highest BCUT2D eigenvalue weighted by atomic mass is 32.1. The molecule has 2 aliphatic heterocycles. The van der Waals surface area contributed by atoms with E-state index < -0.39 is 53.9 Å². The van der Waals surface area contributed by atoms with Crippen LogP contribution in [-0.4, -0.2) is 131 Å². The van der Waals surface area contributed by atoms with Gasteiger partial charge in [0.15, 0.2) is 11.9 Å². The normalized spacial score (nSPS) is 18.3. The number of ether oxygens (including phenoxy) is 2. The molecule has 0 saturated carbocycles. The molecule has 4 rings (SSSR count). The smallest absolute Gasteiger partial charge is 0.308 e. The third kappa shape index (κ3) is 19.8. The van der Waals surface area contributed by atoms with E-state index in [2.05, 4.69) is 34.7 Å². The van der Waals surface area contributed by atoms with Gasteiger partial charge in [-0.2, -0.15) is 0 Å². The Morgan fingerprint density at radius 1 is 0.897 bits per heavy atom.